The van der Waals surface area contributed by atoms with Crippen molar-refractivity contribution in [2.45, 2.75) is 326 Å². The van der Waals surface area contributed by atoms with Gasteiger partial charge in [0.15, 0.2) is 6.29 Å². The second-order valence-corrected chi connectivity index (χ2v) is 21.1. The number of unbranched alkanes of at least 4 members (excludes halogenated alkanes) is 36. The standard InChI is InChI=1S/C62H115NO8/c1-3-5-7-9-11-13-15-17-19-21-23-24-25-26-27-28-29-30-31-32-34-36-38-40-42-44-46-48-50-52-58(66)63-55(54-70-62-61(69)60(68)59(67)57(53-64)71-62)56(65)51-49-47-45-43-41-39-37-35-33-22-20-18-16-14-12-10-8-6-4-2/h26-27,33,35,41,43,49,51,55-57,59-62,64-65,67-69H,3-25,28-32,34,36-40,42,44-48,50,52-54H2,1-2H3,(H,63,66)/b27-26-,35-33+,43-41+,51-49+. The van der Waals surface area contributed by atoms with E-state index in [2.05, 4.69) is 55.6 Å². The molecule has 9 heteroatoms. The van der Waals surface area contributed by atoms with Gasteiger partial charge in [-0.25, -0.2) is 0 Å². The van der Waals surface area contributed by atoms with Crippen LogP contribution in [0.2, 0.25) is 0 Å². The Hall–Kier alpha value is -1.85. The highest BCUT2D eigenvalue weighted by atomic mass is 16.7. The summed E-state index contributed by atoms with van der Waals surface area (Å²) in [7, 11) is 0. The number of allylic oxidation sites excluding steroid dienone is 7. The number of aliphatic hydroxyl groups is 5. The monoisotopic (exact) mass is 1000 g/mol. The van der Waals surface area contributed by atoms with Crippen molar-refractivity contribution in [1.82, 2.24) is 5.32 Å². The lowest BCUT2D eigenvalue weighted by molar-refractivity contribution is -0.302. The van der Waals surface area contributed by atoms with E-state index in [1.54, 1.807) is 6.08 Å². The van der Waals surface area contributed by atoms with Crippen LogP contribution in [0.25, 0.3) is 0 Å². The van der Waals surface area contributed by atoms with Gasteiger partial charge in [-0.3, -0.25) is 4.79 Å². The van der Waals surface area contributed by atoms with Gasteiger partial charge in [0.1, 0.15) is 24.4 Å². The van der Waals surface area contributed by atoms with Gasteiger partial charge in [0.25, 0.3) is 0 Å². The van der Waals surface area contributed by atoms with Crippen molar-refractivity contribution in [3.8, 4) is 0 Å². The summed E-state index contributed by atoms with van der Waals surface area (Å²) in [6.07, 6.45) is 61.9. The van der Waals surface area contributed by atoms with Crippen LogP contribution in [0, 0.1) is 0 Å². The van der Waals surface area contributed by atoms with Gasteiger partial charge in [0, 0.05) is 6.42 Å². The van der Waals surface area contributed by atoms with Crippen molar-refractivity contribution in [3.63, 3.8) is 0 Å². The third-order valence-electron chi connectivity index (χ3n) is 14.4. The Kier molecular flexibility index (Phi) is 48.8. The molecule has 7 unspecified atom stereocenters. The number of amides is 1. The van der Waals surface area contributed by atoms with Crippen LogP contribution >= 0.6 is 0 Å². The SMILES string of the molecule is CCCCCCCCCCC/C=C/CC/C=C/CC/C=C/C(O)C(COC1OC(CO)C(O)C(O)C1O)NC(=O)CCCCCCCCCCCCCCC/C=C\CCCCCCCCCCCCCC. The molecule has 1 rings (SSSR count). The lowest BCUT2D eigenvalue weighted by Gasteiger charge is -2.40. The minimum atomic E-state index is -1.58. The van der Waals surface area contributed by atoms with Crippen LogP contribution in [0.15, 0.2) is 48.6 Å². The van der Waals surface area contributed by atoms with Crippen LogP contribution in [0.4, 0.5) is 0 Å². The average Bonchev–Trinajstić information content (AvgIpc) is 3.37. The fourth-order valence-corrected chi connectivity index (χ4v) is 9.54. The number of nitrogens with one attached hydrogen (secondary N) is 1. The molecule has 1 aliphatic heterocycles. The first-order chi connectivity index (χ1) is 34.8. The van der Waals surface area contributed by atoms with Crippen LogP contribution in [-0.2, 0) is 14.3 Å². The number of carbonyl (C=O) groups is 1. The summed E-state index contributed by atoms with van der Waals surface area (Å²) in [5.74, 6) is -0.188. The Balaban J connectivity index is 2.20. The summed E-state index contributed by atoms with van der Waals surface area (Å²) in [6.45, 7) is 3.78. The lowest BCUT2D eigenvalue weighted by Crippen LogP contribution is -2.60. The first-order valence-electron chi connectivity index (χ1n) is 30.4. The normalized spacial score (nSPS) is 19.6. The molecule has 7 atom stereocenters. The molecule has 1 heterocycles. The zero-order chi connectivity index (χ0) is 51.5. The first kappa shape index (κ1) is 67.2. The molecule has 1 aliphatic rings. The van der Waals surface area contributed by atoms with E-state index in [0.717, 1.165) is 44.9 Å². The topological polar surface area (TPSA) is 149 Å². The van der Waals surface area contributed by atoms with Crippen molar-refractivity contribution in [3.05, 3.63) is 48.6 Å². The molecular weight excluding hydrogens is 887 g/mol. The van der Waals surface area contributed by atoms with Gasteiger partial charge < -0.3 is 40.3 Å². The molecule has 1 fully saturated rings. The Labute approximate surface area is 437 Å². The maximum Gasteiger partial charge on any atom is 0.220 e. The molecular formula is C62H115NO8. The van der Waals surface area contributed by atoms with E-state index in [1.807, 2.05) is 6.08 Å². The molecule has 0 aromatic heterocycles. The first-order valence-corrected chi connectivity index (χ1v) is 30.4. The van der Waals surface area contributed by atoms with Crippen LogP contribution in [-0.4, -0.2) is 87.5 Å². The van der Waals surface area contributed by atoms with E-state index >= 15 is 0 Å². The number of rotatable bonds is 52. The van der Waals surface area contributed by atoms with Crippen molar-refractivity contribution in [2.24, 2.45) is 0 Å². The minimum Gasteiger partial charge on any atom is -0.394 e. The second kappa shape index (κ2) is 51.6. The van der Waals surface area contributed by atoms with E-state index in [4.69, 9.17) is 9.47 Å². The maximum atomic E-state index is 13.1. The molecule has 0 saturated carbocycles. The number of ether oxygens (including phenoxy) is 2. The average molecular weight is 1000 g/mol. The number of hydrogen-bond acceptors (Lipinski definition) is 8. The molecule has 1 amide bonds. The molecule has 0 bridgehead atoms. The Morgan fingerprint density at radius 2 is 0.803 bits per heavy atom. The van der Waals surface area contributed by atoms with E-state index in [9.17, 15) is 30.3 Å². The third-order valence-corrected chi connectivity index (χ3v) is 14.4. The highest BCUT2D eigenvalue weighted by Crippen LogP contribution is 2.23. The number of hydrogen-bond donors (Lipinski definition) is 6. The molecule has 0 radical (unpaired) electrons. The summed E-state index contributed by atoms with van der Waals surface area (Å²) < 4.78 is 11.3. The molecule has 416 valence electrons. The predicted molar refractivity (Wildman–Crippen MR) is 299 cm³/mol. The zero-order valence-electron chi connectivity index (χ0n) is 46.2. The Morgan fingerprint density at radius 3 is 1.18 bits per heavy atom. The van der Waals surface area contributed by atoms with Gasteiger partial charge in [-0.05, 0) is 70.6 Å². The highest BCUT2D eigenvalue weighted by Gasteiger charge is 2.44. The van der Waals surface area contributed by atoms with Crippen LogP contribution in [0.5, 0.6) is 0 Å². The zero-order valence-corrected chi connectivity index (χ0v) is 46.2. The fraction of sp³-hybridized carbons (Fsp3) is 0.855. The minimum absolute atomic E-state index is 0.188. The van der Waals surface area contributed by atoms with Crippen LogP contribution in [0.1, 0.15) is 284 Å². The van der Waals surface area contributed by atoms with E-state index in [-0.39, 0.29) is 12.5 Å². The molecule has 9 nitrogen and oxygen atoms in total. The number of aliphatic hydroxyl groups excluding tert-OH is 5. The van der Waals surface area contributed by atoms with Crippen LogP contribution in [0.3, 0.4) is 0 Å². The Morgan fingerprint density at radius 1 is 0.465 bits per heavy atom. The molecule has 0 aliphatic carbocycles. The number of carbonyl (C=O) groups excluding carboxylic acids is 1. The predicted octanol–water partition coefficient (Wildman–Crippen LogP) is 15.3. The van der Waals surface area contributed by atoms with Gasteiger partial charge in [-0.1, -0.05) is 255 Å². The molecule has 71 heavy (non-hydrogen) atoms. The summed E-state index contributed by atoms with van der Waals surface area (Å²) in [5.41, 5.74) is 0. The van der Waals surface area contributed by atoms with Gasteiger partial charge in [-0.2, -0.15) is 0 Å². The fourth-order valence-electron chi connectivity index (χ4n) is 9.54. The Bertz CT molecular complexity index is 1250. The molecule has 0 spiro atoms. The van der Waals surface area contributed by atoms with E-state index in [1.165, 1.54) is 218 Å². The van der Waals surface area contributed by atoms with Crippen molar-refractivity contribution < 1.29 is 39.8 Å². The highest BCUT2D eigenvalue weighted by molar-refractivity contribution is 5.76. The maximum absolute atomic E-state index is 13.1. The van der Waals surface area contributed by atoms with Gasteiger partial charge in [0.2, 0.25) is 5.91 Å². The summed E-state index contributed by atoms with van der Waals surface area (Å²) >= 11 is 0. The largest absolute Gasteiger partial charge is 0.394 e. The van der Waals surface area contributed by atoms with Crippen molar-refractivity contribution in [2.75, 3.05) is 13.2 Å². The van der Waals surface area contributed by atoms with Gasteiger partial charge >= 0.3 is 0 Å². The van der Waals surface area contributed by atoms with E-state index < -0.39 is 49.5 Å². The third kappa shape index (κ3) is 41.1. The molecule has 0 aromatic rings. The van der Waals surface area contributed by atoms with Crippen LogP contribution < -0.4 is 5.32 Å². The van der Waals surface area contributed by atoms with E-state index in [0.29, 0.717) is 6.42 Å². The second-order valence-electron chi connectivity index (χ2n) is 21.1. The molecule has 6 N–H and O–H groups in total. The quantitative estimate of drug-likeness (QED) is 0.0261. The van der Waals surface area contributed by atoms with Crippen molar-refractivity contribution in [1.29, 1.82) is 0 Å². The molecule has 0 aromatic carbocycles. The van der Waals surface area contributed by atoms with Gasteiger partial charge in [0.05, 0.1) is 25.4 Å². The molecule has 1 saturated heterocycles. The van der Waals surface area contributed by atoms with Crippen molar-refractivity contribution >= 4 is 5.91 Å². The lowest BCUT2D eigenvalue weighted by atomic mass is 9.99. The smallest absolute Gasteiger partial charge is 0.220 e. The summed E-state index contributed by atoms with van der Waals surface area (Å²) in [5, 5.41) is 54.5. The summed E-state index contributed by atoms with van der Waals surface area (Å²) in [6, 6.07) is -0.829. The summed E-state index contributed by atoms with van der Waals surface area (Å²) in [4.78, 5) is 13.1. The van der Waals surface area contributed by atoms with Gasteiger partial charge in [-0.15, -0.1) is 0 Å².